The summed E-state index contributed by atoms with van der Waals surface area (Å²) in [5.41, 5.74) is 10.5. The highest BCUT2D eigenvalue weighted by molar-refractivity contribution is 9.10. The number of aryl methyl sites for hydroxylation is 2. The molecule has 2 amide bonds. The van der Waals surface area contributed by atoms with Crippen LogP contribution in [0.25, 0.3) is 10.9 Å². The zero-order valence-electron chi connectivity index (χ0n) is 15.7. The number of nitrogens with two attached hydrogens (primary N) is 1. The first kappa shape index (κ1) is 18.7. The van der Waals surface area contributed by atoms with Gasteiger partial charge in [-0.25, -0.2) is 0 Å². The van der Waals surface area contributed by atoms with Crippen molar-refractivity contribution in [2.24, 2.45) is 5.73 Å². The molecule has 0 aliphatic heterocycles. The summed E-state index contributed by atoms with van der Waals surface area (Å²) < 4.78 is 0.831. The molecule has 0 saturated heterocycles. The molecule has 0 bridgehead atoms. The standard InChI is InChI=1S/C22H22BrN3O2/c1-26(20(21(24)27)13-5-4-6-15(23)11-13)22(28)14-9-10-19-17(12-14)16-7-2-3-8-18(16)25-19/h4-6,9-12,20,25H,2-3,7-8H2,1H3,(H2,24,27)/t20-/m0/s1. The highest BCUT2D eigenvalue weighted by Crippen LogP contribution is 2.31. The number of primary amides is 1. The summed E-state index contributed by atoms with van der Waals surface area (Å²) >= 11 is 3.41. The number of nitrogens with one attached hydrogen (secondary N) is 1. The first-order valence-electron chi connectivity index (χ1n) is 9.41. The van der Waals surface area contributed by atoms with Gasteiger partial charge in [0, 0.05) is 33.7 Å². The van der Waals surface area contributed by atoms with Gasteiger partial charge >= 0.3 is 0 Å². The molecule has 1 atom stereocenters. The molecule has 1 heterocycles. The van der Waals surface area contributed by atoms with Crippen LogP contribution in [-0.2, 0) is 17.6 Å². The molecule has 3 N–H and O–H groups in total. The third-order valence-electron chi connectivity index (χ3n) is 5.49. The predicted octanol–water partition coefficient (Wildman–Crippen LogP) is 4.11. The lowest BCUT2D eigenvalue weighted by molar-refractivity contribution is -0.122. The van der Waals surface area contributed by atoms with Crippen molar-refractivity contribution >= 4 is 38.6 Å². The number of likely N-dealkylation sites (N-methyl/N-ethyl adjacent to an activating group) is 1. The lowest BCUT2D eigenvalue weighted by atomic mass is 9.95. The molecular formula is C22H22BrN3O2. The number of fused-ring (bicyclic) bond motifs is 3. The number of rotatable bonds is 4. The van der Waals surface area contributed by atoms with Gasteiger partial charge in [0.1, 0.15) is 6.04 Å². The fraction of sp³-hybridized carbons (Fsp3) is 0.273. The van der Waals surface area contributed by atoms with E-state index in [4.69, 9.17) is 5.73 Å². The van der Waals surface area contributed by atoms with E-state index < -0.39 is 11.9 Å². The van der Waals surface area contributed by atoms with Crippen molar-refractivity contribution in [1.29, 1.82) is 0 Å². The average Bonchev–Trinajstić information content (AvgIpc) is 3.05. The summed E-state index contributed by atoms with van der Waals surface area (Å²) in [7, 11) is 1.62. The van der Waals surface area contributed by atoms with E-state index in [1.54, 1.807) is 13.1 Å². The van der Waals surface area contributed by atoms with Crippen LogP contribution in [0.2, 0.25) is 0 Å². The maximum atomic E-state index is 13.2. The number of aromatic amines is 1. The van der Waals surface area contributed by atoms with E-state index >= 15 is 0 Å². The van der Waals surface area contributed by atoms with Crippen LogP contribution in [-0.4, -0.2) is 28.7 Å². The van der Waals surface area contributed by atoms with Gasteiger partial charge in [0.05, 0.1) is 0 Å². The second-order valence-corrected chi connectivity index (χ2v) is 8.24. The molecule has 0 radical (unpaired) electrons. The van der Waals surface area contributed by atoms with Crippen molar-refractivity contribution in [3.63, 3.8) is 0 Å². The third-order valence-corrected chi connectivity index (χ3v) is 5.98. The number of H-pyrrole nitrogens is 1. The summed E-state index contributed by atoms with van der Waals surface area (Å²) in [6, 6.07) is 12.2. The first-order valence-corrected chi connectivity index (χ1v) is 10.2. The van der Waals surface area contributed by atoms with E-state index in [1.165, 1.54) is 29.0 Å². The second-order valence-electron chi connectivity index (χ2n) is 7.33. The number of carbonyl (C=O) groups is 2. The van der Waals surface area contributed by atoms with Crippen LogP contribution < -0.4 is 5.73 Å². The summed E-state index contributed by atoms with van der Waals surface area (Å²) in [5, 5.41) is 1.10. The van der Waals surface area contributed by atoms with Crippen molar-refractivity contribution in [1.82, 2.24) is 9.88 Å². The van der Waals surface area contributed by atoms with E-state index in [0.717, 1.165) is 28.2 Å². The van der Waals surface area contributed by atoms with E-state index in [0.29, 0.717) is 11.1 Å². The molecule has 28 heavy (non-hydrogen) atoms. The Hall–Kier alpha value is -2.60. The monoisotopic (exact) mass is 439 g/mol. The third kappa shape index (κ3) is 3.33. The fourth-order valence-corrected chi connectivity index (χ4v) is 4.53. The molecule has 5 nitrogen and oxygen atoms in total. The molecule has 0 saturated carbocycles. The van der Waals surface area contributed by atoms with Crippen molar-refractivity contribution in [3.8, 4) is 0 Å². The molecule has 1 aromatic heterocycles. The average molecular weight is 440 g/mol. The Bertz CT molecular complexity index is 1070. The largest absolute Gasteiger partial charge is 0.368 e. The van der Waals surface area contributed by atoms with Crippen LogP contribution >= 0.6 is 15.9 Å². The van der Waals surface area contributed by atoms with Crippen LogP contribution in [0, 0.1) is 0 Å². The number of hydrogen-bond acceptors (Lipinski definition) is 2. The van der Waals surface area contributed by atoms with E-state index in [1.807, 2.05) is 36.4 Å². The number of benzene rings is 2. The molecule has 0 fully saturated rings. The van der Waals surface area contributed by atoms with Crippen molar-refractivity contribution in [2.75, 3.05) is 7.05 Å². The van der Waals surface area contributed by atoms with Gasteiger partial charge in [-0.15, -0.1) is 0 Å². The summed E-state index contributed by atoms with van der Waals surface area (Å²) in [5.74, 6) is -0.787. The molecule has 0 spiro atoms. The zero-order chi connectivity index (χ0) is 19.8. The van der Waals surface area contributed by atoms with Crippen molar-refractivity contribution < 1.29 is 9.59 Å². The SMILES string of the molecule is CN(C(=O)c1ccc2[nH]c3c(c2c1)CCCC3)[C@H](C(N)=O)c1cccc(Br)c1. The maximum Gasteiger partial charge on any atom is 0.254 e. The van der Waals surface area contributed by atoms with Gasteiger partial charge in [-0.3, -0.25) is 9.59 Å². The number of nitrogens with zero attached hydrogens (tertiary/aromatic N) is 1. The lowest BCUT2D eigenvalue weighted by Crippen LogP contribution is -2.39. The molecule has 6 heteroatoms. The van der Waals surface area contributed by atoms with E-state index in [-0.39, 0.29) is 5.91 Å². The number of aromatic nitrogens is 1. The molecule has 1 aliphatic carbocycles. The quantitative estimate of drug-likeness (QED) is 0.641. The minimum Gasteiger partial charge on any atom is -0.368 e. The predicted molar refractivity (Wildman–Crippen MR) is 113 cm³/mol. The number of carbonyl (C=O) groups excluding carboxylic acids is 2. The number of hydrogen-bond donors (Lipinski definition) is 2. The minimum absolute atomic E-state index is 0.226. The Morgan fingerprint density at radius 3 is 2.68 bits per heavy atom. The lowest BCUT2D eigenvalue weighted by Gasteiger charge is -2.26. The molecular weight excluding hydrogens is 418 g/mol. The first-order chi connectivity index (χ1) is 13.5. The Balaban J connectivity index is 1.70. The topological polar surface area (TPSA) is 79.2 Å². The Labute approximate surface area is 172 Å². The van der Waals surface area contributed by atoms with Gasteiger partial charge in [0.25, 0.3) is 5.91 Å². The normalized spacial score (nSPS) is 14.5. The van der Waals surface area contributed by atoms with Crippen molar-refractivity contribution in [2.45, 2.75) is 31.7 Å². The van der Waals surface area contributed by atoms with E-state index in [2.05, 4.69) is 20.9 Å². The Kier molecular flexibility index (Phi) is 4.98. The molecule has 3 aromatic rings. The second kappa shape index (κ2) is 7.43. The number of amides is 2. The van der Waals surface area contributed by atoms with Crippen LogP contribution in [0.4, 0.5) is 0 Å². The summed E-state index contributed by atoms with van der Waals surface area (Å²) in [6.45, 7) is 0. The molecule has 1 aliphatic rings. The minimum atomic E-state index is -0.833. The Morgan fingerprint density at radius 1 is 1.14 bits per heavy atom. The summed E-state index contributed by atoms with van der Waals surface area (Å²) in [4.78, 5) is 30.2. The van der Waals surface area contributed by atoms with Gasteiger partial charge in [-0.2, -0.15) is 0 Å². The van der Waals surface area contributed by atoms with Gasteiger partial charge in [0.2, 0.25) is 5.91 Å². The molecule has 144 valence electrons. The van der Waals surface area contributed by atoms with E-state index in [9.17, 15) is 9.59 Å². The highest BCUT2D eigenvalue weighted by Gasteiger charge is 2.28. The highest BCUT2D eigenvalue weighted by atomic mass is 79.9. The van der Waals surface area contributed by atoms with Crippen LogP contribution in [0.15, 0.2) is 46.9 Å². The van der Waals surface area contributed by atoms with Crippen LogP contribution in [0.5, 0.6) is 0 Å². The van der Waals surface area contributed by atoms with Crippen LogP contribution in [0.3, 0.4) is 0 Å². The van der Waals surface area contributed by atoms with Gasteiger partial charge in [-0.1, -0.05) is 28.1 Å². The fourth-order valence-electron chi connectivity index (χ4n) is 4.12. The molecule has 4 rings (SSSR count). The smallest absolute Gasteiger partial charge is 0.254 e. The Morgan fingerprint density at radius 2 is 1.93 bits per heavy atom. The van der Waals surface area contributed by atoms with Gasteiger partial charge < -0.3 is 15.6 Å². The van der Waals surface area contributed by atoms with Crippen molar-refractivity contribution in [3.05, 3.63) is 69.3 Å². The number of halogens is 1. The molecule has 0 unspecified atom stereocenters. The summed E-state index contributed by atoms with van der Waals surface area (Å²) in [6.07, 6.45) is 4.45. The van der Waals surface area contributed by atoms with Gasteiger partial charge in [-0.05, 0) is 67.1 Å². The zero-order valence-corrected chi connectivity index (χ0v) is 17.3. The molecule has 2 aromatic carbocycles. The van der Waals surface area contributed by atoms with Crippen LogP contribution in [0.1, 0.15) is 46.1 Å². The van der Waals surface area contributed by atoms with Gasteiger partial charge in [0.15, 0.2) is 0 Å². The maximum absolute atomic E-state index is 13.2.